The molecule has 2 N–H and O–H groups in total. The monoisotopic (exact) mass is 225 g/mol. The zero-order chi connectivity index (χ0) is 11.4. The van der Waals surface area contributed by atoms with Crippen molar-refractivity contribution in [3.63, 3.8) is 0 Å². The number of hydrogen-bond donors (Lipinski definition) is 1. The SMILES string of the molecule is Nc1ccc(SCC(=O)[O-])c(C(=O)[O-])c1. The molecule has 0 aliphatic heterocycles. The van der Waals surface area contributed by atoms with Crippen molar-refractivity contribution < 1.29 is 19.8 Å². The highest BCUT2D eigenvalue weighted by Gasteiger charge is 2.04. The zero-order valence-electron chi connectivity index (χ0n) is 7.56. The van der Waals surface area contributed by atoms with Crippen LogP contribution in [0.25, 0.3) is 0 Å². The molecule has 0 amide bonds. The largest absolute Gasteiger partial charge is 0.549 e. The van der Waals surface area contributed by atoms with Crippen molar-refractivity contribution in [3.8, 4) is 0 Å². The Morgan fingerprint density at radius 3 is 2.53 bits per heavy atom. The summed E-state index contributed by atoms with van der Waals surface area (Å²) in [5, 5.41) is 20.9. The second-order valence-corrected chi connectivity index (χ2v) is 3.72. The summed E-state index contributed by atoms with van der Waals surface area (Å²) in [4.78, 5) is 21.2. The topological polar surface area (TPSA) is 106 Å². The van der Waals surface area contributed by atoms with Crippen LogP contribution < -0.4 is 15.9 Å². The van der Waals surface area contributed by atoms with Gasteiger partial charge in [0.2, 0.25) is 0 Å². The third-order valence-electron chi connectivity index (χ3n) is 1.57. The number of carbonyl (C=O) groups excluding carboxylic acids is 2. The molecule has 6 heteroatoms. The summed E-state index contributed by atoms with van der Waals surface area (Å²) >= 11 is 0.854. The van der Waals surface area contributed by atoms with Crippen LogP contribution in [0, 0.1) is 0 Å². The van der Waals surface area contributed by atoms with Crippen LogP contribution in [0.4, 0.5) is 5.69 Å². The van der Waals surface area contributed by atoms with Gasteiger partial charge in [0.15, 0.2) is 0 Å². The highest BCUT2D eigenvalue weighted by molar-refractivity contribution is 8.00. The number of benzene rings is 1. The summed E-state index contributed by atoms with van der Waals surface area (Å²) in [5.74, 6) is -2.96. The molecule has 5 nitrogen and oxygen atoms in total. The summed E-state index contributed by atoms with van der Waals surface area (Å²) in [6.07, 6.45) is 0. The Bertz CT molecular complexity index is 405. The third kappa shape index (κ3) is 3.17. The molecule has 1 aromatic rings. The van der Waals surface area contributed by atoms with E-state index in [-0.39, 0.29) is 17.0 Å². The van der Waals surface area contributed by atoms with Crippen molar-refractivity contribution in [2.75, 3.05) is 11.5 Å². The van der Waals surface area contributed by atoms with Gasteiger partial charge in [-0.1, -0.05) is 0 Å². The smallest absolute Gasteiger partial charge is 0.0727 e. The number of nitrogens with two attached hydrogens (primary N) is 1. The summed E-state index contributed by atoms with van der Waals surface area (Å²) < 4.78 is 0. The Hall–Kier alpha value is -1.69. The van der Waals surface area contributed by atoms with E-state index in [0.29, 0.717) is 4.90 Å². The van der Waals surface area contributed by atoms with Crippen LogP contribution in [0.15, 0.2) is 23.1 Å². The minimum Gasteiger partial charge on any atom is -0.549 e. The molecule has 0 radical (unpaired) electrons. The number of aromatic carboxylic acids is 1. The molecule has 0 bridgehead atoms. The maximum atomic E-state index is 10.7. The lowest BCUT2D eigenvalue weighted by atomic mass is 10.2. The van der Waals surface area contributed by atoms with Gasteiger partial charge >= 0.3 is 0 Å². The molecular weight excluding hydrogens is 218 g/mol. The number of hydrogen-bond acceptors (Lipinski definition) is 6. The maximum absolute atomic E-state index is 10.7. The molecule has 0 aliphatic carbocycles. The average molecular weight is 225 g/mol. The van der Waals surface area contributed by atoms with Crippen LogP contribution in [0.2, 0.25) is 0 Å². The fourth-order valence-electron chi connectivity index (χ4n) is 0.970. The molecule has 1 rings (SSSR count). The molecule has 0 atom stereocenters. The normalized spacial score (nSPS) is 9.87. The standard InChI is InChI=1S/C9H9NO4S/c10-5-1-2-7(15-4-8(11)12)6(3-5)9(13)14/h1-3H,4,10H2,(H,11,12)(H,13,14)/p-2. The van der Waals surface area contributed by atoms with Crippen LogP contribution >= 0.6 is 11.8 Å². The minimum absolute atomic E-state index is 0.110. The zero-order valence-corrected chi connectivity index (χ0v) is 8.37. The Labute approximate surface area is 89.9 Å². The third-order valence-corrected chi connectivity index (χ3v) is 2.62. The number of rotatable bonds is 4. The van der Waals surface area contributed by atoms with Gasteiger partial charge in [-0.15, -0.1) is 11.8 Å². The molecule has 80 valence electrons. The number of carboxylic acids is 2. The van der Waals surface area contributed by atoms with Crippen molar-refractivity contribution in [2.24, 2.45) is 0 Å². The number of carbonyl (C=O) groups is 2. The molecule has 0 heterocycles. The first-order chi connectivity index (χ1) is 7.00. The van der Waals surface area contributed by atoms with E-state index >= 15 is 0 Å². The highest BCUT2D eigenvalue weighted by atomic mass is 32.2. The first-order valence-electron chi connectivity index (χ1n) is 3.94. The molecule has 0 saturated heterocycles. The summed E-state index contributed by atoms with van der Waals surface area (Å²) in [5.41, 5.74) is 5.57. The first-order valence-corrected chi connectivity index (χ1v) is 4.93. The van der Waals surface area contributed by atoms with Crippen molar-refractivity contribution in [3.05, 3.63) is 23.8 Å². The summed E-state index contributed by atoms with van der Waals surface area (Å²) in [6, 6.07) is 4.16. The Morgan fingerprint density at radius 2 is 2.00 bits per heavy atom. The van der Waals surface area contributed by atoms with Gasteiger partial charge < -0.3 is 25.5 Å². The quantitative estimate of drug-likeness (QED) is 0.492. The van der Waals surface area contributed by atoms with Crippen LogP contribution in [0.1, 0.15) is 10.4 Å². The predicted octanol–water partition coefficient (Wildman–Crippen LogP) is -1.53. The van der Waals surface area contributed by atoms with E-state index in [1.54, 1.807) is 0 Å². The lowest BCUT2D eigenvalue weighted by molar-refractivity contribution is -0.301. The van der Waals surface area contributed by atoms with E-state index in [4.69, 9.17) is 5.73 Å². The van der Waals surface area contributed by atoms with Gasteiger partial charge in [-0.25, -0.2) is 0 Å². The number of anilines is 1. The number of nitrogen functional groups attached to an aromatic ring is 1. The summed E-state index contributed by atoms with van der Waals surface area (Å²) in [6.45, 7) is 0. The lowest BCUT2D eigenvalue weighted by Crippen LogP contribution is -2.25. The van der Waals surface area contributed by atoms with Gasteiger partial charge in [0.1, 0.15) is 0 Å². The molecule has 0 fully saturated rings. The van der Waals surface area contributed by atoms with E-state index in [1.165, 1.54) is 18.2 Å². The average Bonchev–Trinajstić information content (AvgIpc) is 2.15. The Balaban J connectivity index is 2.95. The van der Waals surface area contributed by atoms with Crippen molar-refractivity contribution in [1.82, 2.24) is 0 Å². The molecule has 0 aromatic heterocycles. The van der Waals surface area contributed by atoms with E-state index in [0.717, 1.165) is 11.8 Å². The first kappa shape index (κ1) is 11.4. The molecule has 15 heavy (non-hydrogen) atoms. The van der Waals surface area contributed by atoms with Gasteiger partial charge in [0.25, 0.3) is 0 Å². The number of carboxylic acid groups (broad SMARTS) is 2. The van der Waals surface area contributed by atoms with Crippen molar-refractivity contribution in [1.29, 1.82) is 0 Å². The van der Waals surface area contributed by atoms with Gasteiger partial charge in [0, 0.05) is 21.9 Å². The van der Waals surface area contributed by atoms with Gasteiger partial charge in [-0.05, 0) is 18.2 Å². The Kier molecular flexibility index (Phi) is 3.56. The molecular formula is C9H7NO4S-2. The van der Waals surface area contributed by atoms with Crippen molar-refractivity contribution >= 4 is 29.4 Å². The fourth-order valence-corrected chi connectivity index (χ4v) is 1.71. The second-order valence-electron chi connectivity index (χ2n) is 2.70. The van der Waals surface area contributed by atoms with E-state index < -0.39 is 11.9 Å². The predicted molar refractivity (Wildman–Crippen MR) is 50.9 cm³/mol. The number of thioether (sulfide) groups is 1. The van der Waals surface area contributed by atoms with Crippen LogP contribution in [-0.2, 0) is 4.79 Å². The lowest BCUT2D eigenvalue weighted by Gasteiger charge is -2.10. The van der Waals surface area contributed by atoms with E-state index in [9.17, 15) is 19.8 Å². The second kappa shape index (κ2) is 4.70. The summed E-state index contributed by atoms with van der Waals surface area (Å²) in [7, 11) is 0. The molecule has 0 aliphatic rings. The Morgan fingerprint density at radius 1 is 1.33 bits per heavy atom. The minimum atomic E-state index is -1.39. The van der Waals surface area contributed by atoms with Crippen LogP contribution in [0.3, 0.4) is 0 Å². The van der Waals surface area contributed by atoms with E-state index in [1.807, 2.05) is 0 Å². The molecule has 1 aromatic carbocycles. The highest BCUT2D eigenvalue weighted by Crippen LogP contribution is 2.23. The fraction of sp³-hybridized carbons (Fsp3) is 0.111. The van der Waals surface area contributed by atoms with Gasteiger partial charge in [0.05, 0.1) is 11.9 Å². The van der Waals surface area contributed by atoms with Gasteiger partial charge in [-0.3, -0.25) is 0 Å². The molecule has 0 spiro atoms. The number of aliphatic carboxylic acids is 1. The van der Waals surface area contributed by atoms with Gasteiger partial charge in [-0.2, -0.15) is 0 Å². The maximum Gasteiger partial charge on any atom is 0.0727 e. The van der Waals surface area contributed by atoms with Crippen molar-refractivity contribution in [2.45, 2.75) is 4.90 Å². The van der Waals surface area contributed by atoms with E-state index in [2.05, 4.69) is 0 Å². The molecule has 0 saturated carbocycles. The van der Waals surface area contributed by atoms with Crippen LogP contribution in [0.5, 0.6) is 0 Å². The molecule has 0 unspecified atom stereocenters. The van der Waals surface area contributed by atoms with Crippen LogP contribution in [-0.4, -0.2) is 17.7 Å².